The fourth-order valence-electron chi connectivity index (χ4n) is 4.20. The van der Waals surface area contributed by atoms with Crippen LogP contribution in [0, 0.1) is 19.8 Å². The molecule has 5 nitrogen and oxygen atoms in total. The summed E-state index contributed by atoms with van der Waals surface area (Å²) in [5, 5.41) is 2.98. The summed E-state index contributed by atoms with van der Waals surface area (Å²) in [6.45, 7) is 6.02. The number of pyridine rings is 1. The van der Waals surface area contributed by atoms with Crippen molar-refractivity contribution in [1.82, 2.24) is 15.2 Å². The normalized spacial score (nSPS) is 22.7. The Kier molecular flexibility index (Phi) is 5.39. The summed E-state index contributed by atoms with van der Waals surface area (Å²) in [6.07, 6.45) is 7.52. The Morgan fingerprint density at radius 2 is 2.00 bits per heavy atom. The minimum absolute atomic E-state index is 0.0664. The highest BCUT2D eigenvalue weighted by Crippen LogP contribution is 2.27. The van der Waals surface area contributed by atoms with Crippen molar-refractivity contribution >= 4 is 5.91 Å². The second-order valence-corrected chi connectivity index (χ2v) is 7.43. The number of hydrogen-bond donors (Lipinski definition) is 2. The molecule has 5 heteroatoms. The fraction of sp³-hybridized carbons (Fsp3) is 0.684. The van der Waals surface area contributed by atoms with Crippen molar-refractivity contribution in [2.45, 2.75) is 65.0 Å². The molecule has 2 heterocycles. The Hall–Kier alpha value is -1.62. The number of H-pyrrole nitrogens is 1. The molecular formula is C19H29N3O2. The summed E-state index contributed by atoms with van der Waals surface area (Å²) >= 11 is 0. The van der Waals surface area contributed by atoms with Gasteiger partial charge in [-0.05, 0) is 51.3 Å². The summed E-state index contributed by atoms with van der Waals surface area (Å²) < 4.78 is 0. The van der Waals surface area contributed by atoms with E-state index < -0.39 is 0 Å². The van der Waals surface area contributed by atoms with Crippen molar-refractivity contribution in [1.29, 1.82) is 0 Å². The molecule has 1 atom stereocenters. The maximum absolute atomic E-state index is 12.5. The van der Waals surface area contributed by atoms with Gasteiger partial charge in [0.05, 0.1) is 5.92 Å². The minimum atomic E-state index is -0.0944. The molecule has 0 spiro atoms. The second kappa shape index (κ2) is 7.51. The van der Waals surface area contributed by atoms with E-state index in [0.29, 0.717) is 18.2 Å². The molecule has 0 radical (unpaired) electrons. The van der Waals surface area contributed by atoms with Gasteiger partial charge in [0.2, 0.25) is 5.91 Å². The van der Waals surface area contributed by atoms with Crippen molar-refractivity contribution in [3.05, 3.63) is 33.2 Å². The van der Waals surface area contributed by atoms with Crippen LogP contribution in [0.15, 0.2) is 10.9 Å². The van der Waals surface area contributed by atoms with Crippen molar-refractivity contribution in [2.75, 3.05) is 13.1 Å². The number of rotatable bonds is 4. The number of carbonyl (C=O) groups excluding carboxylic acids is 1. The van der Waals surface area contributed by atoms with Crippen LogP contribution in [-0.4, -0.2) is 34.9 Å². The number of carbonyl (C=O) groups is 1. The average molecular weight is 331 g/mol. The van der Waals surface area contributed by atoms with Crippen LogP contribution in [-0.2, 0) is 11.3 Å². The first kappa shape index (κ1) is 17.2. The summed E-state index contributed by atoms with van der Waals surface area (Å²) in [7, 11) is 0. The van der Waals surface area contributed by atoms with Gasteiger partial charge in [-0.15, -0.1) is 0 Å². The predicted octanol–water partition coefficient (Wildman–Crippen LogP) is 2.26. The molecule has 1 amide bonds. The Morgan fingerprint density at radius 1 is 1.25 bits per heavy atom. The van der Waals surface area contributed by atoms with E-state index in [1.807, 2.05) is 19.9 Å². The zero-order chi connectivity index (χ0) is 17.1. The average Bonchev–Trinajstić information content (AvgIpc) is 3.04. The number of nitrogens with zero attached hydrogens (tertiary/aromatic N) is 1. The zero-order valence-electron chi connectivity index (χ0n) is 14.9. The first-order valence-electron chi connectivity index (χ1n) is 9.26. The molecule has 1 aromatic heterocycles. The van der Waals surface area contributed by atoms with Crippen molar-refractivity contribution in [3.8, 4) is 0 Å². The van der Waals surface area contributed by atoms with Crippen molar-refractivity contribution in [3.63, 3.8) is 0 Å². The number of aromatic amines is 1. The zero-order valence-corrected chi connectivity index (χ0v) is 14.9. The van der Waals surface area contributed by atoms with Crippen LogP contribution >= 0.6 is 0 Å². The number of amides is 1. The van der Waals surface area contributed by atoms with Crippen molar-refractivity contribution < 1.29 is 4.79 Å². The molecule has 1 aromatic rings. The van der Waals surface area contributed by atoms with Crippen LogP contribution in [0.3, 0.4) is 0 Å². The Bertz CT molecular complexity index is 647. The Balaban J connectivity index is 1.54. The third-order valence-corrected chi connectivity index (χ3v) is 5.61. The number of aromatic nitrogens is 1. The second-order valence-electron chi connectivity index (χ2n) is 7.43. The van der Waals surface area contributed by atoms with Crippen LogP contribution in [0.1, 0.15) is 55.3 Å². The molecule has 1 aliphatic carbocycles. The summed E-state index contributed by atoms with van der Waals surface area (Å²) in [4.78, 5) is 29.8. The van der Waals surface area contributed by atoms with E-state index in [9.17, 15) is 9.59 Å². The highest BCUT2D eigenvalue weighted by Gasteiger charge is 2.32. The van der Waals surface area contributed by atoms with Gasteiger partial charge in [-0.1, -0.05) is 19.3 Å². The smallest absolute Gasteiger partial charge is 0.253 e. The van der Waals surface area contributed by atoms with Gasteiger partial charge in [0.1, 0.15) is 0 Å². The Morgan fingerprint density at radius 3 is 2.71 bits per heavy atom. The van der Waals surface area contributed by atoms with Crippen molar-refractivity contribution in [2.24, 2.45) is 5.92 Å². The van der Waals surface area contributed by atoms with E-state index in [4.69, 9.17) is 0 Å². The standard InChI is InChI=1S/C19H29N3O2/c1-13-10-14(2)21-19(24)17(13)11-20-18(23)15-8-9-22(12-15)16-6-4-3-5-7-16/h10,15-16H,3-9,11-12H2,1-2H3,(H,20,23)(H,21,24). The molecule has 2 fully saturated rings. The lowest BCUT2D eigenvalue weighted by Gasteiger charge is -2.30. The third-order valence-electron chi connectivity index (χ3n) is 5.61. The molecule has 24 heavy (non-hydrogen) atoms. The van der Waals surface area contributed by atoms with Crippen LogP contribution in [0.5, 0.6) is 0 Å². The molecule has 3 rings (SSSR count). The lowest BCUT2D eigenvalue weighted by atomic mass is 9.94. The first-order valence-corrected chi connectivity index (χ1v) is 9.26. The molecule has 1 saturated heterocycles. The Labute approximate surface area is 143 Å². The van der Waals surface area contributed by atoms with E-state index in [2.05, 4.69) is 15.2 Å². The largest absolute Gasteiger partial charge is 0.352 e. The van der Waals surface area contributed by atoms with E-state index in [1.54, 1.807) is 0 Å². The molecule has 1 saturated carbocycles. The summed E-state index contributed by atoms with van der Waals surface area (Å²) in [6, 6.07) is 2.63. The van der Waals surface area contributed by atoms with E-state index in [1.165, 1.54) is 32.1 Å². The summed E-state index contributed by atoms with van der Waals surface area (Å²) in [5.41, 5.74) is 2.36. The van der Waals surface area contributed by atoms with E-state index in [0.717, 1.165) is 30.8 Å². The van der Waals surface area contributed by atoms with Gasteiger partial charge in [-0.25, -0.2) is 0 Å². The van der Waals surface area contributed by atoms with Crippen LogP contribution in [0.25, 0.3) is 0 Å². The van der Waals surface area contributed by atoms with Gasteiger partial charge in [-0.2, -0.15) is 0 Å². The number of hydrogen-bond acceptors (Lipinski definition) is 3. The maximum atomic E-state index is 12.5. The SMILES string of the molecule is Cc1cc(C)c(CNC(=O)C2CCN(C3CCCCC3)C2)c(=O)[nH]1. The highest BCUT2D eigenvalue weighted by molar-refractivity contribution is 5.79. The number of aryl methyl sites for hydroxylation is 2. The monoisotopic (exact) mass is 331 g/mol. The third kappa shape index (κ3) is 3.89. The molecule has 1 unspecified atom stereocenters. The van der Waals surface area contributed by atoms with Crippen LogP contribution < -0.4 is 10.9 Å². The molecule has 1 aliphatic heterocycles. The molecule has 0 aromatic carbocycles. The molecule has 0 bridgehead atoms. The van der Waals surface area contributed by atoms with E-state index >= 15 is 0 Å². The lowest BCUT2D eigenvalue weighted by Crippen LogP contribution is -2.38. The lowest BCUT2D eigenvalue weighted by molar-refractivity contribution is -0.124. The number of likely N-dealkylation sites (tertiary alicyclic amines) is 1. The summed E-state index contributed by atoms with van der Waals surface area (Å²) in [5.74, 6) is 0.157. The van der Waals surface area contributed by atoms with Gasteiger partial charge in [0, 0.05) is 30.4 Å². The van der Waals surface area contributed by atoms with Gasteiger partial charge in [0.25, 0.3) is 5.56 Å². The van der Waals surface area contributed by atoms with Gasteiger partial charge >= 0.3 is 0 Å². The molecule has 2 aliphatic rings. The van der Waals surface area contributed by atoms with Crippen LogP contribution in [0.4, 0.5) is 0 Å². The molecule has 132 valence electrons. The quantitative estimate of drug-likeness (QED) is 0.889. The van der Waals surface area contributed by atoms with E-state index in [-0.39, 0.29) is 17.4 Å². The molecular weight excluding hydrogens is 302 g/mol. The van der Waals surface area contributed by atoms with Crippen LogP contribution in [0.2, 0.25) is 0 Å². The van der Waals surface area contributed by atoms with Gasteiger partial charge in [0.15, 0.2) is 0 Å². The molecule has 2 N–H and O–H groups in total. The highest BCUT2D eigenvalue weighted by atomic mass is 16.2. The number of nitrogens with one attached hydrogen (secondary N) is 2. The topological polar surface area (TPSA) is 65.2 Å². The van der Waals surface area contributed by atoms with Gasteiger partial charge in [-0.3, -0.25) is 14.5 Å². The predicted molar refractivity (Wildman–Crippen MR) is 94.9 cm³/mol. The first-order chi connectivity index (χ1) is 11.5. The minimum Gasteiger partial charge on any atom is -0.352 e. The van der Waals surface area contributed by atoms with Gasteiger partial charge < -0.3 is 10.3 Å². The fourth-order valence-corrected chi connectivity index (χ4v) is 4.20. The maximum Gasteiger partial charge on any atom is 0.253 e.